The normalized spacial score (nSPS) is 7.43. The Morgan fingerprint density at radius 1 is 0.619 bits per heavy atom. The van der Waals surface area contributed by atoms with Crippen LogP contribution in [0, 0.1) is 0 Å². The fourth-order valence-corrected chi connectivity index (χ4v) is 0.427. The lowest BCUT2D eigenvalue weighted by molar-refractivity contribution is 0.204. The van der Waals surface area contributed by atoms with Gasteiger partial charge in [0.25, 0.3) is 0 Å². The summed E-state index contributed by atoms with van der Waals surface area (Å²) < 4.78 is 0. The standard InChI is InChI=1S/C3H6N6.3CH3NO2/c4-1-7-2(5)9-3(6)8-1;3*2-1(3)4/h(H6,4,5,6,7,8,9);3*2H2,(H,3,4). The van der Waals surface area contributed by atoms with Crippen molar-refractivity contribution in [2.24, 2.45) is 17.2 Å². The Balaban J connectivity index is -0.000000230. The second-order valence-corrected chi connectivity index (χ2v) is 2.42. The Bertz CT molecular complexity index is 375. The summed E-state index contributed by atoms with van der Waals surface area (Å²) in [7, 11) is 0. The number of primary amides is 3. The highest BCUT2D eigenvalue weighted by Gasteiger charge is 1.93. The summed E-state index contributed by atoms with van der Waals surface area (Å²) >= 11 is 0. The van der Waals surface area contributed by atoms with Crippen LogP contribution >= 0.6 is 0 Å². The zero-order chi connectivity index (χ0) is 17.6. The fraction of sp³-hybridized carbons (Fsp3) is 0. The molecular weight excluding hydrogens is 294 g/mol. The average Bonchev–Trinajstić information content (AvgIpc) is 2.10. The number of rotatable bonds is 0. The van der Waals surface area contributed by atoms with Gasteiger partial charge < -0.3 is 49.7 Å². The molecule has 15 nitrogen and oxygen atoms in total. The maximum absolute atomic E-state index is 8.78. The van der Waals surface area contributed by atoms with Gasteiger partial charge in [-0.1, -0.05) is 0 Å². The lowest BCUT2D eigenvalue weighted by Crippen LogP contribution is -2.05. The van der Waals surface area contributed by atoms with Crippen molar-refractivity contribution in [3.8, 4) is 0 Å². The van der Waals surface area contributed by atoms with Gasteiger partial charge in [0.15, 0.2) is 0 Å². The van der Waals surface area contributed by atoms with E-state index in [1.807, 2.05) is 0 Å². The minimum Gasteiger partial charge on any atom is -0.465 e. The van der Waals surface area contributed by atoms with Gasteiger partial charge in [-0.2, -0.15) is 15.0 Å². The Kier molecular flexibility index (Phi) is 13.5. The number of amides is 3. The van der Waals surface area contributed by atoms with Gasteiger partial charge in [-0.05, 0) is 0 Å². The molecule has 1 rings (SSSR count). The van der Waals surface area contributed by atoms with Crippen molar-refractivity contribution >= 4 is 36.1 Å². The van der Waals surface area contributed by atoms with Crippen LogP contribution in [-0.2, 0) is 0 Å². The van der Waals surface area contributed by atoms with E-state index in [4.69, 9.17) is 46.9 Å². The second-order valence-electron chi connectivity index (χ2n) is 2.42. The Hall–Kier alpha value is -3.78. The molecule has 1 aromatic rings. The third-order valence-electron chi connectivity index (χ3n) is 0.687. The van der Waals surface area contributed by atoms with Crippen LogP contribution < -0.4 is 34.4 Å². The minimum atomic E-state index is -1.33. The van der Waals surface area contributed by atoms with Crippen LogP contribution in [0.1, 0.15) is 0 Å². The molecule has 15 N–H and O–H groups in total. The topological polar surface area (TPSA) is 307 Å². The van der Waals surface area contributed by atoms with Gasteiger partial charge in [-0.25, -0.2) is 14.4 Å². The molecule has 0 spiro atoms. The van der Waals surface area contributed by atoms with Crippen molar-refractivity contribution in [3.63, 3.8) is 0 Å². The summed E-state index contributed by atoms with van der Waals surface area (Å²) in [6, 6.07) is 0. The van der Waals surface area contributed by atoms with E-state index in [0.29, 0.717) is 0 Å². The number of nitrogen functional groups attached to an aromatic ring is 3. The van der Waals surface area contributed by atoms with Crippen LogP contribution in [-0.4, -0.2) is 48.6 Å². The predicted molar refractivity (Wildman–Crippen MR) is 69.7 cm³/mol. The van der Waals surface area contributed by atoms with Gasteiger partial charge in [-0.3, -0.25) is 0 Å². The van der Waals surface area contributed by atoms with E-state index in [1.165, 1.54) is 0 Å². The molecule has 3 amide bonds. The molecule has 0 radical (unpaired) electrons. The Morgan fingerprint density at radius 3 is 0.810 bits per heavy atom. The number of nitrogens with two attached hydrogens (primary N) is 6. The number of hydrogen-bond acceptors (Lipinski definition) is 9. The third-order valence-corrected chi connectivity index (χ3v) is 0.687. The highest BCUT2D eigenvalue weighted by molar-refractivity contribution is 5.62. The van der Waals surface area contributed by atoms with E-state index in [2.05, 4.69) is 32.2 Å². The maximum atomic E-state index is 8.78. The van der Waals surface area contributed by atoms with Crippen LogP contribution in [0.5, 0.6) is 0 Å². The van der Waals surface area contributed by atoms with Gasteiger partial charge in [0.05, 0.1) is 0 Å². The molecule has 0 aromatic carbocycles. The van der Waals surface area contributed by atoms with Crippen LogP contribution in [0.3, 0.4) is 0 Å². The molecule has 0 saturated heterocycles. The fourth-order valence-electron chi connectivity index (χ4n) is 0.427. The number of carboxylic acid groups (broad SMARTS) is 3. The van der Waals surface area contributed by atoms with Crippen molar-refractivity contribution in [1.29, 1.82) is 0 Å². The first-order chi connectivity index (χ1) is 9.38. The van der Waals surface area contributed by atoms with Crippen molar-refractivity contribution in [2.45, 2.75) is 0 Å². The van der Waals surface area contributed by atoms with Crippen LogP contribution in [0.15, 0.2) is 0 Å². The number of aromatic nitrogens is 3. The summed E-state index contributed by atoms with van der Waals surface area (Å²) in [6.07, 6.45) is -4.00. The molecule has 15 heteroatoms. The molecule has 21 heavy (non-hydrogen) atoms. The predicted octanol–water partition coefficient (Wildman–Crippen LogP) is -2.51. The summed E-state index contributed by atoms with van der Waals surface area (Å²) in [5.41, 5.74) is 27.5. The van der Waals surface area contributed by atoms with Crippen molar-refractivity contribution in [1.82, 2.24) is 15.0 Å². The monoisotopic (exact) mass is 309 g/mol. The smallest absolute Gasteiger partial charge is 0.402 e. The van der Waals surface area contributed by atoms with Gasteiger partial charge in [-0.15, -0.1) is 0 Å². The third kappa shape index (κ3) is 48.5. The molecule has 0 bridgehead atoms. The summed E-state index contributed by atoms with van der Waals surface area (Å²) in [4.78, 5) is 36.8. The van der Waals surface area contributed by atoms with Crippen LogP contribution in [0.25, 0.3) is 0 Å². The van der Waals surface area contributed by atoms with E-state index < -0.39 is 18.3 Å². The van der Waals surface area contributed by atoms with Gasteiger partial charge in [0.2, 0.25) is 17.8 Å². The lowest BCUT2D eigenvalue weighted by atomic mass is 10.9. The van der Waals surface area contributed by atoms with E-state index >= 15 is 0 Å². The number of nitrogens with zero attached hydrogens (tertiary/aromatic N) is 3. The first kappa shape index (κ1) is 22.4. The molecule has 120 valence electrons. The molecule has 0 aliphatic rings. The molecule has 0 atom stereocenters. The Morgan fingerprint density at radius 2 is 0.714 bits per heavy atom. The molecule has 0 aliphatic heterocycles. The quantitative estimate of drug-likeness (QED) is 0.239. The molecule has 1 heterocycles. The highest BCUT2D eigenvalue weighted by atomic mass is 16.4. The van der Waals surface area contributed by atoms with Gasteiger partial charge in [0, 0.05) is 0 Å². The largest absolute Gasteiger partial charge is 0.465 e. The van der Waals surface area contributed by atoms with E-state index in [0.717, 1.165) is 0 Å². The molecular formula is C6H15N9O6. The first-order valence-corrected chi connectivity index (χ1v) is 4.36. The zero-order valence-corrected chi connectivity index (χ0v) is 10.4. The zero-order valence-electron chi connectivity index (χ0n) is 10.4. The van der Waals surface area contributed by atoms with E-state index in [-0.39, 0.29) is 17.8 Å². The Labute approximate surface area is 116 Å². The van der Waals surface area contributed by atoms with Gasteiger partial charge >= 0.3 is 18.3 Å². The summed E-state index contributed by atoms with van der Waals surface area (Å²) in [6.45, 7) is 0. The van der Waals surface area contributed by atoms with E-state index in [9.17, 15) is 0 Å². The molecule has 1 aromatic heterocycles. The molecule has 0 fully saturated rings. The van der Waals surface area contributed by atoms with E-state index in [1.54, 1.807) is 0 Å². The minimum absolute atomic E-state index is 0.0417. The lowest BCUT2D eigenvalue weighted by Gasteiger charge is -1.93. The molecule has 0 saturated carbocycles. The van der Waals surface area contributed by atoms with Gasteiger partial charge in [0.1, 0.15) is 0 Å². The van der Waals surface area contributed by atoms with Crippen molar-refractivity contribution in [3.05, 3.63) is 0 Å². The first-order valence-electron chi connectivity index (χ1n) is 4.36. The van der Waals surface area contributed by atoms with Crippen molar-refractivity contribution in [2.75, 3.05) is 17.2 Å². The maximum Gasteiger partial charge on any atom is 0.402 e. The molecule has 0 unspecified atom stereocenters. The van der Waals surface area contributed by atoms with Crippen LogP contribution in [0.2, 0.25) is 0 Å². The SMILES string of the molecule is NC(=O)O.NC(=O)O.NC(=O)O.Nc1nc(N)nc(N)n1. The number of anilines is 3. The second kappa shape index (κ2) is 12.7. The van der Waals surface area contributed by atoms with Crippen LogP contribution in [0.4, 0.5) is 32.2 Å². The number of carbonyl (C=O) groups is 3. The highest BCUT2D eigenvalue weighted by Crippen LogP contribution is 1.97. The average molecular weight is 309 g/mol. The number of hydrogen-bond donors (Lipinski definition) is 9. The van der Waals surface area contributed by atoms with Crippen molar-refractivity contribution < 1.29 is 29.7 Å². The summed E-state index contributed by atoms with van der Waals surface area (Å²) in [5.74, 6) is 0.125. The summed E-state index contributed by atoms with van der Waals surface area (Å²) in [5, 5.41) is 21.6. The molecule has 0 aliphatic carbocycles.